The molecule has 0 saturated heterocycles. The van der Waals surface area contributed by atoms with Crippen LogP contribution in [-0.2, 0) is 14.4 Å². The molecule has 0 atom stereocenters. The largest absolute Gasteiger partial charge is 0.354 e. The van der Waals surface area contributed by atoms with Gasteiger partial charge in [-0.05, 0) is 19.3 Å². The van der Waals surface area contributed by atoms with Crippen LogP contribution >= 0.6 is 0 Å². The van der Waals surface area contributed by atoms with Crippen molar-refractivity contribution in [2.24, 2.45) is 0 Å². The first kappa shape index (κ1) is 29.4. The molecular formula is C25H49N3O3. The number of hydrogen-bond acceptors (Lipinski definition) is 3. The summed E-state index contributed by atoms with van der Waals surface area (Å²) in [5, 5.41) is 5.88. The van der Waals surface area contributed by atoms with E-state index in [-0.39, 0.29) is 17.7 Å². The summed E-state index contributed by atoms with van der Waals surface area (Å²) in [6.45, 7) is 8.41. The molecule has 31 heavy (non-hydrogen) atoms. The van der Waals surface area contributed by atoms with Crippen LogP contribution in [0.2, 0.25) is 0 Å². The molecule has 182 valence electrons. The van der Waals surface area contributed by atoms with Gasteiger partial charge in [-0.25, -0.2) is 0 Å². The van der Waals surface area contributed by atoms with E-state index in [0.717, 1.165) is 77.0 Å². The lowest BCUT2D eigenvalue weighted by atomic mass is 10.1. The molecule has 0 aliphatic rings. The van der Waals surface area contributed by atoms with Crippen LogP contribution < -0.4 is 10.6 Å². The van der Waals surface area contributed by atoms with E-state index in [9.17, 15) is 14.4 Å². The van der Waals surface area contributed by atoms with Crippen molar-refractivity contribution in [1.82, 2.24) is 15.5 Å². The molecule has 0 bridgehead atoms. The topological polar surface area (TPSA) is 78.5 Å². The maximum absolute atomic E-state index is 12.6. The van der Waals surface area contributed by atoms with Crippen molar-refractivity contribution in [3.05, 3.63) is 0 Å². The second-order valence-corrected chi connectivity index (χ2v) is 8.51. The Morgan fingerprint density at radius 1 is 0.548 bits per heavy atom. The van der Waals surface area contributed by atoms with Crippen molar-refractivity contribution in [2.45, 2.75) is 117 Å². The van der Waals surface area contributed by atoms with Gasteiger partial charge in [-0.2, -0.15) is 0 Å². The van der Waals surface area contributed by atoms with Crippen LogP contribution in [0.1, 0.15) is 117 Å². The van der Waals surface area contributed by atoms with Crippen LogP contribution in [0.4, 0.5) is 0 Å². The van der Waals surface area contributed by atoms with E-state index in [2.05, 4.69) is 31.4 Å². The zero-order valence-corrected chi connectivity index (χ0v) is 20.6. The second-order valence-electron chi connectivity index (χ2n) is 8.51. The normalized spacial score (nSPS) is 10.7. The van der Waals surface area contributed by atoms with Gasteiger partial charge in [0.25, 0.3) is 0 Å². The number of unbranched alkanes of at least 4 members (excludes halogenated alkanes) is 9. The first-order valence-electron chi connectivity index (χ1n) is 12.9. The smallest absolute Gasteiger partial charge is 0.222 e. The van der Waals surface area contributed by atoms with Gasteiger partial charge < -0.3 is 15.5 Å². The molecule has 0 radical (unpaired) electrons. The molecule has 0 rings (SSSR count). The van der Waals surface area contributed by atoms with Crippen LogP contribution in [0.5, 0.6) is 0 Å². The van der Waals surface area contributed by atoms with E-state index in [4.69, 9.17) is 0 Å². The summed E-state index contributed by atoms with van der Waals surface area (Å²) in [7, 11) is 0. The zero-order chi connectivity index (χ0) is 23.2. The second kappa shape index (κ2) is 21.6. The molecule has 3 amide bonds. The van der Waals surface area contributed by atoms with Gasteiger partial charge in [-0.1, -0.05) is 78.6 Å². The maximum Gasteiger partial charge on any atom is 0.222 e. The van der Waals surface area contributed by atoms with Gasteiger partial charge in [-0.3, -0.25) is 14.4 Å². The fraction of sp³-hybridized carbons (Fsp3) is 0.880. The first-order valence-corrected chi connectivity index (χ1v) is 12.9. The van der Waals surface area contributed by atoms with E-state index >= 15 is 0 Å². The highest BCUT2D eigenvalue weighted by atomic mass is 16.2. The van der Waals surface area contributed by atoms with Crippen molar-refractivity contribution < 1.29 is 14.4 Å². The minimum Gasteiger partial charge on any atom is -0.354 e. The number of carbonyl (C=O) groups is 3. The van der Waals surface area contributed by atoms with Crippen LogP contribution in [0, 0.1) is 0 Å². The summed E-state index contributed by atoms with van der Waals surface area (Å²) in [5.41, 5.74) is 0. The molecule has 0 saturated carbocycles. The Morgan fingerprint density at radius 3 is 1.32 bits per heavy atom. The molecule has 0 unspecified atom stereocenters. The monoisotopic (exact) mass is 439 g/mol. The molecule has 0 spiro atoms. The predicted molar refractivity (Wildman–Crippen MR) is 129 cm³/mol. The maximum atomic E-state index is 12.6. The molecule has 0 aliphatic carbocycles. The third-order valence-corrected chi connectivity index (χ3v) is 5.52. The molecule has 2 N–H and O–H groups in total. The van der Waals surface area contributed by atoms with Crippen LogP contribution in [0.3, 0.4) is 0 Å². The number of carbonyl (C=O) groups excluding carboxylic acids is 3. The summed E-state index contributed by atoms with van der Waals surface area (Å²) < 4.78 is 0. The number of amides is 3. The van der Waals surface area contributed by atoms with Gasteiger partial charge in [0.05, 0.1) is 0 Å². The fourth-order valence-electron chi connectivity index (χ4n) is 3.48. The van der Waals surface area contributed by atoms with Crippen molar-refractivity contribution >= 4 is 17.7 Å². The number of nitrogens with one attached hydrogen (secondary N) is 2. The van der Waals surface area contributed by atoms with Crippen molar-refractivity contribution in [3.63, 3.8) is 0 Å². The van der Waals surface area contributed by atoms with Crippen molar-refractivity contribution in [1.29, 1.82) is 0 Å². The van der Waals surface area contributed by atoms with Crippen LogP contribution in [0.15, 0.2) is 0 Å². The number of rotatable bonds is 21. The third kappa shape index (κ3) is 18.9. The van der Waals surface area contributed by atoms with Crippen LogP contribution in [0.25, 0.3) is 0 Å². The van der Waals surface area contributed by atoms with Gasteiger partial charge in [0.2, 0.25) is 17.7 Å². The molecule has 0 aliphatic heterocycles. The Balaban J connectivity index is 4.30. The molecule has 6 nitrogen and oxygen atoms in total. The van der Waals surface area contributed by atoms with Gasteiger partial charge in [0.1, 0.15) is 0 Å². The van der Waals surface area contributed by atoms with Gasteiger partial charge >= 0.3 is 0 Å². The quantitative estimate of drug-likeness (QED) is 0.248. The van der Waals surface area contributed by atoms with Gasteiger partial charge in [0, 0.05) is 45.4 Å². The average Bonchev–Trinajstić information content (AvgIpc) is 2.76. The summed E-state index contributed by atoms with van der Waals surface area (Å²) in [6.07, 6.45) is 14.6. The molecular weight excluding hydrogens is 390 g/mol. The first-order chi connectivity index (χ1) is 15.0. The SMILES string of the molecule is CCCCCCC(=O)NCCN(CCNC(=O)CCCCCC)C(=O)CCCCCC. The van der Waals surface area contributed by atoms with Crippen molar-refractivity contribution in [2.75, 3.05) is 26.2 Å². The molecule has 0 aromatic heterocycles. The Bertz CT molecular complexity index is 439. The molecule has 0 aromatic carbocycles. The number of nitrogens with zero attached hydrogens (tertiary/aromatic N) is 1. The Kier molecular flexibility index (Phi) is 20.5. The Labute approximate surface area is 191 Å². The molecule has 6 heteroatoms. The summed E-state index contributed by atoms with van der Waals surface area (Å²) in [6, 6.07) is 0. The van der Waals surface area contributed by atoms with Gasteiger partial charge in [-0.15, -0.1) is 0 Å². The van der Waals surface area contributed by atoms with E-state index in [1.165, 1.54) is 0 Å². The van der Waals surface area contributed by atoms with E-state index in [1.54, 1.807) is 4.90 Å². The lowest BCUT2D eigenvalue weighted by Gasteiger charge is -2.23. The predicted octanol–water partition coefficient (Wildman–Crippen LogP) is 4.96. The summed E-state index contributed by atoms with van der Waals surface area (Å²) in [5.74, 6) is 0.240. The van der Waals surface area contributed by atoms with Crippen LogP contribution in [-0.4, -0.2) is 48.8 Å². The third-order valence-electron chi connectivity index (χ3n) is 5.52. The summed E-state index contributed by atoms with van der Waals surface area (Å²) >= 11 is 0. The molecule has 0 heterocycles. The fourth-order valence-corrected chi connectivity index (χ4v) is 3.48. The number of hydrogen-bond donors (Lipinski definition) is 2. The highest BCUT2D eigenvalue weighted by Crippen LogP contribution is 2.06. The van der Waals surface area contributed by atoms with E-state index in [0.29, 0.717) is 45.4 Å². The Hall–Kier alpha value is -1.59. The minimum absolute atomic E-state index is 0.0619. The average molecular weight is 440 g/mol. The minimum atomic E-state index is 0.0619. The van der Waals surface area contributed by atoms with Gasteiger partial charge in [0.15, 0.2) is 0 Å². The molecule has 0 fully saturated rings. The lowest BCUT2D eigenvalue weighted by molar-refractivity contribution is -0.132. The van der Waals surface area contributed by atoms with E-state index in [1.807, 2.05) is 0 Å². The van der Waals surface area contributed by atoms with E-state index < -0.39 is 0 Å². The molecule has 0 aromatic rings. The Morgan fingerprint density at radius 2 is 0.935 bits per heavy atom. The highest BCUT2D eigenvalue weighted by molar-refractivity contribution is 5.78. The standard InChI is InChI=1S/C25H49N3O3/c1-4-7-10-13-16-23(29)26-19-21-28(25(31)18-15-12-9-6-3)22-20-27-24(30)17-14-11-8-5-2/h4-22H2,1-3H3,(H,26,29)(H,27,30). The zero-order valence-electron chi connectivity index (χ0n) is 20.6. The highest BCUT2D eigenvalue weighted by Gasteiger charge is 2.14. The summed E-state index contributed by atoms with van der Waals surface area (Å²) in [4.78, 5) is 38.4. The van der Waals surface area contributed by atoms with Crippen molar-refractivity contribution in [3.8, 4) is 0 Å². The lowest BCUT2D eigenvalue weighted by Crippen LogP contribution is -2.42.